The minimum Gasteiger partial charge on any atom is -0.493 e. The van der Waals surface area contributed by atoms with E-state index < -0.39 is 5.91 Å². The Kier molecular flexibility index (Phi) is 6.99. The van der Waals surface area contributed by atoms with Gasteiger partial charge in [-0.15, -0.1) is 10.2 Å². The highest BCUT2D eigenvalue weighted by molar-refractivity contribution is 9.10. The number of carbonyl (C=O) groups is 2. The van der Waals surface area contributed by atoms with Crippen LogP contribution in [0.2, 0.25) is 0 Å². The maximum absolute atomic E-state index is 12.2. The molecule has 0 aliphatic carbocycles. The van der Waals surface area contributed by atoms with Crippen molar-refractivity contribution in [2.45, 2.75) is 33.2 Å². The van der Waals surface area contributed by atoms with Gasteiger partial charge in [-0.25, -0.2) is 0 Å². The monoisotopic (exact) mass is 470 g/mol. The van der Waals surface area contributed by atoms with E-state index in [1.165, 1.54) is 0 Å². The summed E-state index contributed by atoms with van der Waals surface area (Å²) >= 11 is 3.33. The molecule has 0 aliphatic heterocycles. The van der Waals surface area contributed by atoms with Crippen molar-refractivity contribution >= 4 is 44.3 Å². The average molecular weight is 471 g/mol. The van der Waals surface area contributed by atoms with Crippen molar-refractivity contribution in [3.63, 3.8) is 0 Å². The lowest BCUT2D eigenvalue weighted by atomic mass is 10.1. The quantitative estimate of drug-likeness (QED) is 0.460. The number of azo groups is 1. The molecule has 0 aliphatic rings. The van der Waals surface area contributed by atoms with E-state index in [-0.39, 0.29) is 30.4 Å². The fraction of sp³-hybridized carbons (Fsp3) is 0.273. The van der Waals surface area contributed by atoms with Gasteiger partial charge in [-0.3, -0.25) is 9.59 Å². The molecule has 1 aromatic heterocycles. The van der Waals surface area contributed by atoms with E-state index in [0.29, 0.717) is 16.6 Å². The molecule has 8 heteroatoms. The number of hydrogen-bond donors (Lipinski definition) is 2. The highest BCUT2D eigenvalue weighted by Crippen LogP contribution is 2.39. The highest BCUT2D eigenvalue weighted by atomic mass is 79.9. The molecule has 2 aromatic carbocycles. The van der Waals surface area contributed by atoms with Crippen LogP contribution in [-0.4, -0.2) is 28.0 Å². The van der Waals surface area contributed by atoms with Crippen LogP contribution in [-0.2, 0) is 11.3 Å². The number of fused-ring (bicyclic) bond motifs is 1. The van der Waals surface area contributed by atoms with Crippen LogP contribution < -0.4 is 5.32 Å². The molecule has 0 fully saturated rings. The third-order valence-corrected chi connectivity index (χ3v) is 5.31. The van der Waals surface area contributed by atoms with Crippen molar-refractivity contribution in [1.29, 1.82) is 0 Å². The summed E-state index contributed by atoms with van der Waals surface area (Å²) in [5.41, 5.74) is 2.65. The fourth-order valence-corrected chi connectivity index (χ4v) is 3.63. The van der Waals surface area contributed by atoms with Crippen molar-refractivity contribution < 1.29 is 14.7 Å². The average Bonchev–Trinajstić information content (AvgIpc) is 2.97. The first-order valence-electron chi connectivity index (χ1n) is 9.71. The van der Waals surface area contributed by atoms with Crippen LogP contribution in [0.5, 0.6) is 5.88 Å². The van der Waals surface area contributed by atoms with Gasteiger partial charge in [0.2, 0.25) is 5.88 Å². The summed E-state index contributed by atoms with van der Waals surface area (Å²) in [5.74, 6) is -0.759. The number of amides is 2. The summed E-state index contributed by atoms with van der Waals surface area (Å²) < 4.78 is 2.45. The molecule has 2 N–H and O–H groups in total. The van der Waals surface area contributed by atoms with E-state index in [0.717, 1.165) is 22.9 Å². The summed E-state index contributed by atoms with van der Waals surface area (Å²) in [4.78, 5) is 24.3. The maximum atomic E-state index is 12.2. The molecular formula is C22H23BrN4O3. The SMILES string of the molecule is CCCn1c(O)c(N=NC(=O)CCNC(=O)c2ccccc2Br)c2cc(C)ccc21. The Morgan fingerprint density at radius 3 is 2.70 bits per heavy atom. The summed E-state index contributed by atoms with van der Waals surface area (Å²) in [7, 11) is 0. The molecule has 0 spiro atoms. The van der Waals surface area contributed by atoms with Crippen molar-refractivity contribution in [3.8, 4) is 5.88 Å². The second-order valence-electron chi connectivity index (χ2n) is 6.92. The Labute approximate surface area is 182 Å². The smallest absolute Gasteiger partial charge is 0.266 e. The standard InChI is InChI=1S/C22H23BrN4O3/c1-3-12-27-18-9-8-14(2)13-16(18)20(22(27)30)26-25-19(28)10-11-24-21(29)15-6-4-5-7-17(15)23/h4-9,13,30H,3,10-12H2,1-2H3,(H,24,29). The van der Waals surface area contributed by atoms with E-state index >= 15 is 0 Å². The predicted octanol–water partition coefficient (Wildman–Crippen LogP) is 5.26. The number of nitrogens with one attached hydrogen (secondary N) is 1. The van der Waals surface area contributed by atoms with Crippen LogP contribution in [0.3, 0.4) is 0 Å². The van der Waals surface area contributed by atoms with Gasteiger partial charge >= 0.3 is 0 Å². The minimum absolute atomic E-state index is 0.00349. The van der Waals surface area contributed by atoms with Crippen LogP contribution in [0.25, 0.3) is 10.9 Å². The van der Waals surface area contributed by atoms with Gasteiger partial charge in [0.05, 0.1) is 11.1 Å². The number of aryl methyl sites for hydroxylation is 2. The molecule has 3 rings (SSSR count). The van der Waals surface area contributed by atoms with Gasteiger partial charge in [-0.2, -0.15) is 0 Å². The molecule has 2 amide bonds. The number of hydrogen-bond acceptors (Lipinski definition) is 4. The van der Waals surface area contributed by atoms with Crippen LogP contribution in [0.15, 0.2) is 57.2 Å². The Hall–Kier alpha value is -3.00. The van der Waals surface area contributed by atoms with E-state index in [2.05, 4.69) is 31.5 Å². The lowest BCUT2D eigenvalue weighted by Gasteiger charge is -2.05. The number of benzene rings is 2. The Bertz CT molecular complexity index is 1120. The number of aromatic nitrogens is 1. The number of halogens is 1. The Morgan fingerprint density at radius 1 is 1.20 bits per heavy atom. The van der Waals surface area contributed by atoms with Gasteiger partial charge in [0.15, 0.2) is 5.69 Å². The number of rotatable bonds is 7. The predicted molar refractivity (Wildman–Crippen MR) is 119 cm³/mol. The van der Waals surface area contributed by atoms with E-state index in [4.69, 9.17) is 0 Å². The minimum atomic E-state index is -0.481. The second-order valence-corrected chi connectivity index (χ2v) is 7.78. The normalized spacial score (nSPS) is 11.3. The number of nitrogens with zero attached hydrogens (tertiary/aromatic N) is 3. The van der Waals surface area contributed by atoms with Gasteiger partial charge in [0, 0.05) is 29.4 Å². The van der Waals surface area contributed by atoms with Crippen molar-refractivity contribution in [2.75, 3.05) is 6.54 Å². The molecule has 156 valence electrons. The summed E-state index contributed by atoms with van der Waals surface area (Å²) in [6.45, 7) is 4.75. The summed E-state index contributed by atoms with van der Waals surface area (Å²) in [6, 6.07) is 12.9. The number of aromatic hydroxyl groups is 1. The highest BCUT2D eigenvalue weighted by Gasteiger charge is 2.17. The Morgan fingerprint density at radius 2 is 1.97 bits per heavy atom. The first kappa shape index (κ1) is 21.7. The molecule has 0 bridgehead atoms. The van der Waals surface area contributed by atoms with E-state index in [1.807, 2.05) is 38.1 Å². The topological polar surface area (TPSA) is 96.0 Å². The fourth-order valence-electron chi connectivity index (χ4n) is 3.17. The Balaban J connectivity index is 1.68. The first-order valence-corrected chi connectivity index (χ1v) is 10.5. The summed E-state index contributed by atoms with van der Waals surface area (Å²) in [6.07, 6.45) is 0.852. The van der Waals surface area contributed by atoms with Crippen LogP contribution >= 0.6 is 15.9 Å². The van der Waals surface area contributed by atoms with Crippen LogP contribution in [0.4, 0.5) is 5.69 Å². The summed E-state index contributed by atoms with van der Waals surface area (Å²) in [5, 5.41) is 21.8. The molecule has 1 heterocycles. The maximum Gasteiger partial charge on any atom is 0.266 e. The van der Waals surface area contributed by atoms with Crippen LogP contribution in [0.1, 0.15) is 35.7 Å². The lowest BCUT2D eigenvalue weighted by molar-refractivity contribution is -0.118. The van der Waals surface area contributed by atoms with E-state index in [9.17, 15) is 14.7 Å². The van der Waals surface area contributed by atoms with Gasteiger partial charge in [-0.1, -0.05) is 30.7 Å². The third-order valence-electron chi connectivity index (χ3n) is 4.62. The zero-order valence-electron chi connectivity index (χ0n) is 16.9. The molecule has 0 atom stereocenters. The lowest BCUT2D eigenvalue weighted by Crippen LogP contribution is -2.26. The third kappa shape index (κ3) is 4.76. The van der Waals surface area contributed by atoms with Gasteiger partial charge in [-0.05, 0) is 53.5 Å². The van der Waals surface area contributed by atoms with Crippen molar-refractivity contribution in [1.82, 2.24) is 9.88 Å². The molecule has 7 nitrogen and oxygen atoms in total. The van der Waals surface area contributed by atoms with Crippen LogP contribution in [0, 0.1) is 6.92 Å². The largest absolute Gasteiger partial charge is 0.493 e. The van der Waals surface area contributed by atoms with Gasteiger partial charge in [0.1, 0.15) is 0 Å². The zero-order valence-corrected chi connectivity index (χ0v) is 18.4. The number of carbonyl (C=O) groups excluding carboxylic acids is 2. The van der Waals surface area contributed by atoms with E-state index in [1.54, 1.807) is 22.8 Å². The first-order chi connectivity index (χ1) is 14.4. The second kappa shape index (κ2) is 9.67. The molecule has 3 aromatic rings. The molecular weight excluding hydrogens is 448 g/mol. The van der Waals surface area contributed by atoms with Crippen molar-refractivity contribution in [3.05, 3.63) is 58.1 Å². The van der Waals surface area contributed by atoms with Gasteiger partial charge in [0.25, 0.3) is 11.8 Å². The zero-order chi connectivity index (χ0) is 21.7. The van der Waals surface area contributed by atoms with Gasteiger partial charge < -0.3 is 15.0 Å². The molecule has 0 radical (unpaired) electrons. The van der Waals surface area contributed by atoms with Crippen molar-refractivity contribution in [2.24, 2.45) is 10.2 Å². The molecule has 30 heavy (non-hydrogen) atoms. The molecule has 0 saturated heterocycles. The molecule has 0 unspecified atom stereocenters. The molecule has 0 saturated carbocycles.